The second-order valence-corrected chi connectivity index (χ2v) is 8.11. The Bertz CT molecular complexity index is 933. The van der Waals surface area contributed by atoms with Crippen LogP contribution in [0.5, 0.6) is 0 Å². The Morgan fingerprint density at radius 1 is 1.10 bits per heavy atom. The van der Waals surface area contributed by atoms with E-state index in [1.807, 2.05) is 20.8 Å². The van der Waals surface area contributed by atoms with Crippen LogP contribution in [0.4, 0.5) is 8.78 Å². The molecule has 1 heterocycles. The normalized spacial score (nSPS) is 17.5. The van der Waals surface area contributed by atoms with Gasteiger partial charge < -0.3 is 4.98 Å². The summed E-state index contributed by atoms with van der Waals surface area (Å²) in [7, 11) is 0. The molecular weight excluding hydrogens is 418 g/mol. The molecule has 4 rings (SSSR count). The molecule has 0 saturated heterocycles. The third kappa shape index (κ3) is 5.40. The zero-order valence-corrected chi connectivity index (χ0v) is 20.1. The lowest BCUT2D eigenvalue weighted by atomic mass is 9.74. The number of aromatic nitrogens is 1. The molecule has 0 amide bonds. The van der Waals surface area contributed by atoms with Crippen molar-refractivity contribution in [2.75, 3.05) is 12.0 Å². The number of hydrogen-bond acceptors (Lipinski definition) is 3. The SMILES string of the molecule is CC.CCSNC1CC(c2c(-c3ccc(F)cc3)[nH]c3c(F)cc(C)cc23)C1.CS. The van der Waals surface area contributed by atoms with Gasteiger partial charge >= 0.3 is 0 Å². The van der Waals surface area contributed by atoms with Gasteiger partial charge in [0.05, 0.1) is 11.2 Å². The topological polar surface area (TPSA) is 27.8 Å². The Morgan fingerprint density at radius 2 is 1.73 bits per heavy atom. The molecule has 6 heteroatoms. The van der Waals surface area contributed by atoms with Crippen molar-refractivity contribution >= 4 is 35.5 Å². The monoisotopic (exact) mass is 450 g/mol. The van der Waals surface area contributed by atoms with E-state index >= 15 is 0 Å². The van der Waals surface area contributed by atoms with E-state index in [4.69, 9.17) is 0 Å². The van der Waals surface area contributed by atoms with Crippen molar-refractivity contribution < 1.29 is 8.78 Å². The highest BCUT2D eigenvalue weighted by Crippen LogP contribution is 2.46. The molecule has 30 heavy (non-hydrogen) atoms. The fourth-order valence-electron chi connectivity index (χ4n) is 3.83. The highest BCUT2D eigenvalue weighted by atomic mass is 32.2. The van der Waals surface area contributed by atoms with E-state index in [-0.39, 0.29) is 11.6 Å². The molecule has 1 aromatic heterocycles. The number of halogens is 2. The van der Waals surface area contributed by atoms with Crippen molar-refractivity contribution in [3.05, 3.63) is 59.2 Å². The Kier molecular flexibility index (Phi) is 9.72. The van der Waals surface area contributed by atoms with E-state index in [2.05, 4.69) is 35.3 Å². The quantitative estimate of drug-likeness (QED) is 0.277. The number of thiol groups is 1. The first-order valence-electron chi connectivity index (χ1n) is 10.5. The lowest BCUT2D eigenvalue weighted by molar-refractivity contribution is 0.336. The second-order valence-electron chi connectivity index (χ2n) is 7.01. The number of fused-ring (bicyclic) bond motifs is 1. The molecule has 164 valence electrons. The van der Waals surface area contributed by atoms with Crippen molar-refractivity contribution in [3.63, 3.8) is 0 Å². The maximum atomic E-state index is 14.5. The summed E-state index contributed by atoms with van der Waals surface area (Å²) in [5.74, 6) is 0.919. The lowest BCUT2D eigenvalue weighted by Crippen LogP contribution is -2.36. The first kappa shape index (κ1) is 24.8. The summed E-state index contributed by atoms with van der Waals surface area (Å²) in [6.45, 7) is 8.05. The van der Waals surface area contributed by atoms with Crippen LogP contribution >= 0.6 is 24.6 Å². The summed E-state index contributed by atoms with van der Waals surface area (Å²) in [6.07, 6.45) is 3.76. The highest BCUT2D eigenvalue weighted by Gasteiger charge is 2.34. The van der Waals surface area contributed by atoms with E-state index in [1.165, 1.54) is 12.1 Å². The summed E-state index contributed by atoms with van der Waals surface area (Å²) >= 11 is 5.27. The van der Waals surface area contributed by atoms with Crippen LogP contribution in [0.1, 0.15) is 50.7 Å². The molecule has 0 aliphatic heterocycles. The minimum Gasteiger partial charge on any atom is -0.352 e. The van der Waals surface area contributed by atoms with E-state index in [9.17, 15) is 8.78 Å². The standard InChI is InChI=1S/C21H22F2N2S.C2H6.CH4S/c1-3-26-25-16-10-14(11-16)19-17-8-12(2)9-18(23)21(17)24-20(19)13-4-6-15(22)7-5-13;2*1-2/h4-9,14,16,24-25H,3,10-11H2,1-2H3;1-2H3;2H,1H3. The molecule has 0 unspecified atom stereocenters. The van der Waals surface area contributed by atoms with Gasteiger partial charge in [0.1, 0.15) is 11.6 Å². The van der Waals surface area contributed by atoms with Gasteiger partial charge in [-0.05, 0) is 85.0 Å². The molecule has 0 bridgehead atoms. The molecule has 1 saturated carbocycles. The highest BCUT2D eigenvalue weighted by molar-refractivity contribution is 7.97. The zero-order chi connectivity index (χ0) is 22.3. The van der Waals surface area contributed by atoms with Crippen LogP contribution in [0.25, 0.3) is 22.2 Å². The van der Waals surface area contributed by atoms with Gasteiger partial charge in [-0.2, -0.15) is 12.6 Å². The molecular formula is C24H32F2N2S2. The smallest absolute Gasteiger partial charge is 0.147 e. The average molecular weight is 451 g/mol. The molecule has 2 nitrogen and oxygen atoms in total. The Balaban J connectivity index is 0.000000757. The van der Waals surface area contributed by atoms with Crippen LogP contribution < -0.4 is 4.72 Å². The Labute approximate surface area is 188 Å². The largest absolute Gasteiger partial charge is 0.352 e. The van der Waals surface area contributed by atoms with Crippen LogP contribution in [0.15, 0.2) is 36.4 Å². The predicted molar refractivity (Wildman–Crippen MR) is 132 cm³/mol. The summed E-state index contributed by atoms with van der Waals surface area (Å²) in [5.41, 5.74) is 4.43. The maximum Gasteiger partial charge on any atom is 0.147 e. The number of benzene rings is 2. The second kappa shape index (κ2) is 11.8. The molecule has 1 fully saturated rings. The number of rotatable bonds is 5. The number of hydrogen-bond donors (Lipinski definition) is 3. The maximum absolute atomic E-state index is 14.5. The van der Waals surface area contributed by atoms with Gasteiger partial charge in [0.25, 0.3) is 0 Å². The summed E-state index contributed by atoms with van der Waals surface area (Å²) < 4.78 is 31.4. The van der Waals surface area contributed by atoms with E-state index in [0.29, 0.717) is 17.5 Å². The number of aromatic amines is 1. The van der Waals surface area contributed by atoms with Gasteiger partial charge in [0, 0.05) is 17.2 Å². The van der Waals surface area contributed by atoms with E-state index in [0.717, 1.165) is 46.4 Å². The minimum absolute atomic E-state index is 0.231. The molecule has 3 aromatic rings. The predicted octanol–water partition coefficient (Wildman–Crippen LogP) is 7.50. The molecule has 0 atom stereocenters. The van der Waals surface area contributed by atoms with Crippen LogP contribution in [-0.4, -0.2) is 23.0 Å². The fourth-order valence-corrected chi connectivity index (χ4v) is 4.42. The molecule has 2 aromatic carbocycles. The van der Waals surface area contributed by atoms with Crippen molar-refractivity contribution in [1.29, 1.82) is 0 Å². The van der Waals surface area contributed by atoms with Gasteiger partial charge in [0.2, 0.25) is 0 Å². The van der Waals surface area contributed by atoms with Crippen molar-refractivity contribution in [1.82, 2.24) is 9.71 Å². The van der Waals surface area contributed by atoms with E-state index in [1.54, 1.807) is 36.4 Å². The van der Waals surface area contributed by atoms with Crippen molar-refractivity contribution in [3.8, 4) is 11.3 Å². The first-order valence-corrected chi connectivity index (χ1v) is 12.3. The summed E-state index contributed by atoms with van der Waals surface area (Å²) in [5, 5.41) is 0.952. The molecule has 0 spiro atoms. The molecule has 1 aliphatic rings. The van der Waals surface area contributed by atoms with Gasteiger partial charge in [-0.1, -0.05) is 32.7 Å². The van der Waals surface area contributed by atoms with Crippen LogP contribution in [0.2, 0.25) is 0 Å². The lowest BCUT2D eigenvalue weighted by Gasteiger charge is -2.36. The third-order valence-electron chi connectivity index (χ3n) is 5.12. The van der Waals surface area contributed by atoms with Gasteiger partial charge in [-0.3, -0.25) is 4.72 Å². The number of nitrogens with one attached hydrogen (secondary N) is 2. The Morgan fingerprint density at radius 3 is 2.33 bits per heavy atom. The first-order chi connectivity index (χ1) is 14.6. The zero-order valence-electron chi connectivity index (χ0n) is 18.4. The van der Waals surface area contributed by atoms with Crippen LogP contribution in [0, 0.1) is 18.6 Å². The average Bonchev–Trinajstić information content (AvgIpc) is 3.10. The summed E-state index contributed by atoms with van der Waals surface area (Å²) in [4.78, 5) is 3.28. The van der Waals surface area contributed by atoms with Crippen molar-refractivity contribution in [2.45, 2.75) is 52.5 Å². The van der Waals surface area contributed by atoms with Crippen molar-refractivity contribution in [2.24, 2.45) is 0 Å². The van der Waals surface area contributed by atoms with Gasteiger partial charge in [-0.15, -0.1) is 0 Å². The van der Waals surface area contributed by atoms with Gasteiger partial charge in [0.15, 0.2) is 0 Å². The van der Waals surface area contributed by atoms with Crippen LogP contribution in [-0.2, 0) is 0 Å². The number of H-pyrrole nitrogens is 1. The summed E-state index contributed by atoms with van der Waals surface area (Å²) in [6, 6.07) is 10.5. The Hall–Kier alpha value is -1.50. The molecule has 1 aliphatic carbocycles. The fraction of sp³-hybridized carbons (Fsp3) is 0.417. The minimum atomic E-state index is -0.266. The molecule has 2 N–H and O–H groups in total. The van der Waals surface area contributed by atoms with E-state index < -0.39 is 0 Å². The molecule has 0 radical (unpaired) electrons. The number of aryl methyl sites for hydroxylation is 1. The third-order valence-corrected chi connectivity index (χ3v) is 5.91. The van der Waals surface area contributed by atoms with Gasteiger partial charge in [-0.25, -0.2) is 8.78 Å². The van der Waals surface area contributed by atoms with Crippen LogP contribution in [0.3, 0.4) is 0 Å².